The highest BCUT2D eigenvalue weighted by Gasteiger charge is 2.26. The zero-order valence-electron chi connectivity index (χ0n) is 13.5. The number of ether oxygens (including phenoxy) is 1. The van der Waals surface area contributed by atoms with Crippen LogP contribution in [0.2, 0.25) is 5.02 Å². The molecule has 2 rings (SSSR count). The lowest BCUT2D eigenvalue weighted by molar-refractivity contribution is 0.0962. The fourth-order valence-electron chi connectivity index (χ4n) is 2.73. The van der Waals surface area contributed by atoms with Crippen molar-refractivity contribution in [2.24, 2.45) is 11.8 Å². The Morgan fingerprint density at radius 2 is 2.05 bits per heavy atom. The van der Waals surface area contributed by atoms with Crippen LogP contribution in [0.5, 0.6) is 5.88 Å². The van der Waals surface area contributed by atoms with Crippen LogP contribution in [0.4, 0.5) is 0 Å². The molecule has 0 aliphatic heterocycles. The Hall–Kier alpha value is -0.800. The minimum Gasteiger partial charge on any atom is -0.474 e. The van der Waals surface area contributed by atoms with Crippen LogP contribution in [0.25, 0.3) is 0 Å². The molecule has 0 spiro atoms. The van der Waals surface area contributed by atoms with Gasteiger partial charge < -0.3 is 10.1 Å². The summed E-state index contributed by atoms with van der Waals surface area (Å²) in [6, 6.07) is 4.17. The quantitative estimate of drug-likeness (QED) is 0.873. The largest absolute Gasteiger partial charge is 0.474 e. The molecule has 1 fully saturated rings. The van der Waals surface area contributed by atoms with Crippen molar-refractivity contribution in [3.05, 3.63) is 22.8 Å². The van der Waals surface area contributed by atoms with Crippen LogP contribution < -0.4 is 10.1 Å². The first-order valence-electron chi connectivity index (χ1n) is 8.01. The van der Waals surface area contributed by atoms with Crippen molar-refractivity contribution in [1.29, 1.82) is 0 Å². The monoisotopic (exact) mass is 310 g/mol. The van der Waals surface area contributed by atoms with Gasteiger partial charge in [-0.05, 0) is 37.2 Å². The van der Waals surface area contributed by atoms with Crippen molar-refractivity contribution < 1.29 is 4.74 Å². The van der Waals surface area contributed by atoms with Gasteiger partial charge in [0.1, 0.15) is 6.10 Å². The van der Waals surface area contributed by atoms with Gasteiger partial charge in [0.25, 0.3) is 0 Å². The van der Waals surface area contributed by atoms with Crippen LogP contribution in [0.3, 0.4) is 0 Å². The Kier molecular flexibility index (Phi) is 5.88. The summed E-state index contributed by atoms with van der Waals surface area (Å²) in [7, 11) is 0. The SMILES string of the molecule is CC(C)NCc1nc(OC2CCC(C)C(C)C2)ccc1Cl. The summed E-state index contributed by atoms with van der Waals surface area (Å²) in [4.78, 5) is 4.57. The Bertz CT molecular complexity index is 464. The van der Waals surface area contributed by atoms with Gasteiger partial charge in [0.15, 0.2) is 0 Å². The third kappa shape index (κ3) is 4.86. The number of hydrogen-bond donors (Lipinski definition) is 1. The van der Waals surface area contributed by atoms with Crippen molar-refractivity contribution in [1.82, 2.24) is 10.3 Å². The first kappa shape index (κ1) is 16.6. The third-order valence-electron chi connectivity index (χ3n) is 4.41. The van der Waals surface area contributed by atoms with Crippen LogP contribution in [0.15, 0.2) is 12.1 Å². The van der Waals surface area contributed by atoms with Gasteiger partial charge in [0.2, 0.25) is 5.88 Å². The van der Waals surface area contributed by atoms with E-state index in [1.54, 1.807) is 0 Å². The van der Waals surface area contributed by atoms with E-state index >= 15 is 0 Å². The maximum Gasteiger partial charge on any atom is 0.213 e. The molecule has 1 N–H and O–H groups in total. The van der Waals surface area contributed by atoms with E-state index in [-0.39, 0.29) is 6.10 Å². The van der Waals surface area contributed by atoms with E-state index in [1.807, 2.05) is 12.1 Å². The third-order valence-corrected chi connectivity index (χ3v) is 4.75. The molecule has 0 radical (unpaired) electrons. The van der Waals surface area contributed by atoms with Gasteiger partial charge >= 0.3 is 0 Å². The topological polar surface area (TPSA) is 34.2 Å². The van der Waals surface area contributed by atoms with E-state index in [0.29, 0.717) is 23.5 Å². The van der Waals surface area contributed by atoms with Crippen LogP contribution in [0, 0.1) is 11.8 Å². The van der Waals surface area contributed by atoms with E-state index in [1.165, 1.54) is 6.42 Å². The molecule has 118 valence electrons. The predicted octanol–water partition coefficient (Wildman–Crippen LogP) is 4.44. The van der Waals surface area contributed by atoms with Gasteiger partial charge in [-0.1, -0.05) is 39.3 Å². The van der Waals surface area contributed by atoms with E-state index in [2.05, 4.69) is 38.0 Å². The molecule has 3 unspecified atom stereocenters. The maximum atomic E-state index is 6.21. The minimum atomic E-state index is 0.288. The summed E-state index contributed by atoms with van der Waals surface area (Å²) < 4.78 is 6.08. The summed E-state index contributed by atoms with van der Waals surface area (Å²) in [5.41, 5.74) is 0.861. The van der Waals surface area contributed by atoms with Crippen molar-refractivity contribution in [3.63, 3.8) is 0 Å². The maximum absolute atomic E-state index is 6.21. The summed E-state index contributed by atoms with van der Waals surface area (Å²) in [5, 5.41) is 4.04. The lowest BCUT2D eigenvalue weighted by Crippen LogP contribution is -2.29. The number of nitrogens with zero attached hydrogens (tertiary/aromatic N) is 1. The van der Waals surface area contributed by atoms with Gasteiger partial charge in [-0.3, -0.25) is 0 Å². The second-order valence-corrected chi connectivity index (χ2v) is 7.03. The van der Waals surface area contributed by atoms with Crippen molar-refractivity contribution in [2.45, 2.75) is 65.6 Å². The number of hydrogen-bond acceptors (Lipinski definition) is 3. The first-order valence-corrected chi connectivity index (χ1v) is 8.39. The molecule has 0 amide bonds. The lowest BCUT2D eigenvalue weighted by atomic mass is 9.80. The molecular weight excluding hydrogens is 284 g/mol. The smallest absolute Gasteiger partial charge is 0.213 e. The molecule has 1 aromatic heterocycles. The molecule has 21 heavy (non-hydrogen) atoms. The average Bonchev–Trinajstić information content (AvgIpc) is 2.43. The zero-order valence-corrected chi connectivity index (χ0v) is 14.3. The zero-order chi connectivity index (χ0) is 15.4. The molecule has 3 atom stereocenters. The Morgan fingerprint density at radius 3 is 2.71 bits per heavy atom. The number of rotatable bonds is 5. The molecule has 1 heterocycles. The second kappa shape index (κ2) is 7.46. The normalized spacial score (nSPS) is 26.1. The van der Waals surface area contributed by atoms with Gasteiger partial charge in [0.05, 0.1) is 10.7 Å². The van der Waals surface area contributed by atoms with Crippen LogP contribution in [-0.4, -0.2) is 17.1 Å². The van der Waals surface area contributed by atoms with Crippen LogP contribution in [0.1, 0.15) is 52.7 Å². The van der Waals surface area contributed by atoms with Gasteiger partial charge in [-0.15, -0.1) is 0 Å². The summed E-state index contributed by atoms with van der Waals surface area (Å²) >= 11 is 6.21. The predicted molar refractivity (Wildman–Crippen MR) is 87.8 cm³/mol. The lowest BCUT2D eigenvalue weighted by Gasteiger charge is -2.32. The fourth-order valence-corrected chi connectivity index (χ4v) is 2.90. The number of pyridine rings is 1. The highest BCUT2D eigenvalue weighted by atomic mass is 35.5. The molecule has 0 bridgehead atoms. The number of aromatic nitrogens is 1. The highest BCUT2D eigenvalue weighted by Crippen LogP contribution is 2.31. The van der Waals surface area contributed by atoms with Crippen molar-refractivity contribution >= 4 is 11.6 Å². The molecule has 1 aromatic rings. The Labute approximate surface area is 133 Å². The molecular formula is C17H27ClN2O. The molecule has 0 saturated heterocycles. The first-order chi connectivity index (χ1) is 9.95. The Balaban J connectivity index is 1.98. The highest BCUT2D eigenvalue weighted by molar-refractivity contribution is 6.31. The standard InChI is InChI=1S/C17H27ClN2O/c1-11(2)19-10-16-15(18)7-8-17(20-16)21-14-6-5-12(3)13(4)9-14/h7-8,11-14,19H,5-6,9-10H2,1-4H3. The van der Waals surface area contributed by atoms with Gasteiger partial charge in [-0.25, -0.2) is 4.98 Å². The van der Waals surface area contributed by atoms with E-state index in [9.17, 15) is 0 Å². The van der Waals surface area contributed by atoms with Crippen molar-refractivity contribution in [3.8, 4) is 5.88 Å². The van der Waals surface area contributed by atoms with E-state index < -0.39 is 0 Å². The second-order valence-electron chi connectivity index (χ2n) is 6.62. The van der Waals surface area contributed by atoms with Crippen LogP contribution in [-0.2, 0) is 6.54 Å². The molecule has 4 heteroatoms. The van der Waals surface area contributed by atoms with Gasteiger partial charge in [-0.2, -0.15) is 0 Å². The number of nitrogens with one attached hydrogen (secondary N) is 1. The Morgan fingerprint density at radius 1 is 1.29 bits per heavy atom. The van der Waals surface area contributed by atoms with Crippen molar-refractivity contribution in [2.75, 3.05) is 0 Å². The molecule has 1 aliphatic carbocycles. The molecule has 1 aliphatic rings. The molecule has 0 aromatic carbocycles. The van der Waals surface area contributed by atoms with E-state index in [4.69, 9.17) is 16.3 Å². The minimum absolute atomic E-state index is 0.288. The summed E-state index contributed by atoms with van der Waals surface area (Å²) in [6.45, 7) is 9.54. The molecule has 1 saturated carbocycles. The van der Waals surface area contributed by atoms with Gasteiger partial charge in [0, 0.05) is 18.7 Å². The summed E-state index contributed by atoms with van der Waals surface area (Å²) in [6.07, 6.45) is 3.76. The number of halogens is 1. The summed E-state index contributed by atoms with van der Waals surface area (Å²) in [5.74, 6) is 2.22. The van der Waals surface area contributed by atoms with E-state index in [0.717, 1.165) is 30.4 Å². The average molecular weight is 311 g/mol. The molecule has 3 nitrogen and oxygen atoms in total. The fraction of sp³-hybridized carbons (Fsp3) is 0.706. The van der Waals surface area contributed by atoms with Crippen LogP contribution >= 0.6 is 11.6 Å².